The summed E-state index contributed by atoms with van der Waals surface area (Å²) in [7, 11) is -1.96. The van der Waals surface area contributed by atoms with Gasteiger partial charge in [-0.2, -0.15) is 5.10 Å². The Balaban J connectivity index is 2.08. The maximum atomic E-state index is 13.1. The van der Waals surface area contributed by atoms with Gasteiger partial charge in [-0.1, -0.05) is 13.8 Å². The Hall–Kier alpha value is -1.75. The molecule has 1 aliphatic heterocycles. The Morgan fingerprint density at radius 1 is 1.44 bits per heavy atom. The molecule has 0 aliphatic carbocycles. The van der Waals surface area contributed by atoms with Gasteiger partial charge in [-0.3, -0.25) is 4.68 Å². The number of hydrogen-bond donors (Lipinski definition) is 2. The summed E-state index contributed by atoms with van der Waals surface area (Å²) in [5, 5.41) is 8.58. The number of nitrogens with zero attached hydrogens (tertiary/aromatic N) is 2. The van der Waals surface area contributed by atoms with Gasteiger partial charge < -0.3 is 15.4 Å². The van der Waals surface area contributed by atoms with E-state index in [-0.39, 0.29) is 23.1 Å². The summed E-state index contributed by atoms with van der Waals surface area (Å²) in [6, 6.07) is -1.52. The Labute approximate surface area is 144 Å². The molecule has 0 saturated carbocycles. The van der Waals surface area contributed by atoms with Crippen LogP contribution >= 0.6 is 0 Å². The molecule has 11 heteroatoms. The number of alkyl halides is 2. The van der Waals surface area contributed by atoms with Crippen LogP contribution in [0.2, 0.25) is 0 Å². The van der Waals surface area contributed by atoms with E-state index in [0.29, 0.717) is 6.54 Å². The van der Waals surface area contributed by atoms with Crippen molar-refractivity contribution in [3.05, 3.63) is 11.9 Å². The fourth-order valence-electron chi connectivity index (χ4n) is 2.67. The Kier molecular flexibility index (Phi) is 5.99. The number of ether oxygens (including phenoxy) is 1. The highest BCUT2D eigenvalue weighted by molar-refractivity contribution is 7.91. The first kappa shape index (κ1) is 19.6. The highest BCUT2D eigenvalue weighted by atomic mass is 32.2. The SMILES string of the molecule is COC1CS(=O)(=O)CC1NC(=O)Nc1cn(CC(C)C)nc1C(F)F. The lowest BCUT2D eigenvalue weighted by molar-refractivity contribution is 0.102. The third kappa shape index (κ3) is 5.11. The van der Waals surface area contributed by atoms with Crippen LogP contribution in [0.15, 0.2) is 6.20 Å². The van der Waals surface area contributed by atoms with Gasteiger partial charge in [0.2, 0.25) is 0 Å². The molecule has 1 saturated heterocycles. The quantitative estimate of drug-likeness (QED) is 0.777. The zero-order valence-corrected chi connectivity index (χ0v) is 15.0. The van der Waals surface area contributed by atoms with Crippen molar-refractivity contribution in [1.29, 1.82) is 0 Å². The molecule has 0 spiro atoms. The first-order chi connectivity index (χ1) is 11.6. The molecular weight excluding hydrogens is 358 g/mol. The Morgan fingerprint density at radius 2 is 2.12 bits per heavy atom. The van der Waals surface area contributed by atoms with E-state index < -0.39 is 40.1 Å². The van der Waals surface area contributed by atoms with E-state index in [0.717, 1.165) is 0 Å². The molecule has 1 fully saturated rings. The van der Waals surface area contributed by atoms with E-state index in [2.05, 4.69) is 15.7 Å². The number of nitrogens with one attached hydrogen (secondary N) is 2. The van der Waals surface area contributed by atoms with Crippen LogP contribution in [0, 0.1) is 5.92 Å². The summed E-state index contributed by atoms with van der Waals surface area (Å²) in [4.78, 5) is 12.1. The standard InChI is InChI=1S/C14H22F2N4O4S/c1-8(2)4-20-5-9(12(19-20)13(15)16)17-14(21)18-10-6-25(22,23)7-11(10)24-3/h5,8,10-11,13H,4,6-7H2,1-3H3,(H2,17,18,21). The van der Waals surface area contributed by atoms with Gasteiger partial charge >= 0.3 is 6.03 Å². The molecule has 0 radical (unpaired) electrons. The second-order valence-electron chi connectivity index (χ2n) is 6.40. The van der Waals surface area contributed by atoms with Gasteiger partial charge in [-0.15, -0.1) is 0 Å². The highest BCUT2D eigenvalue weighted by Gasteiger charge is 2.38. The van der Waals surface area contributed by atoms with E-state index in [1.807, 2.05) is 13.8 Å². The summed E-state index contributed by atoms with van der Waals surface area (Å²) in [5.74, 6) is -0.255. The van der Waals surface area contributed by atoms with Gasteiger partial charge in [-0.05, 0) is 5.92 Å². The molecule has 2 unspecified atom stereocenters. The maximum Gasteiger partial charge on any atom is 0.319 e. The average Bonchev–Trinajstić information content (AvgIpc) is 2.98. The minimum atomic E-state index is -3.31. The molecule has 1 aromatic rings. The van der Waals surface area contributed by atoms with Crippen LogP contribution in [-0.2, 0) is 21.1 Å². The van der Waals surface area contributed by atoms with E-state index in [9.17, 15) is 22.0 Å². The van der Waals surface area contributed by atoms with Crippen molar-refractivity contribution in [2.75, 3.05) is 23.9 Å². The van der Waals surface area contributed by atoms with E-state index in [1.165, 1.54) is 18.0 Å². The molecule has 25 heavy (non-hydrogen) atoms. The summed E-state index contributed by atoms with van der Waals surface area (Å²) < 4.78 is 55.9. The Morgan fingerprint density at radius 3 is 2.68 bits per heavy atom. The maximum absolute atomic E-state index is 13.1. The number of urea groups is 1. The van der Waals surface area contributed by atoms with E-state index in [1.54, 1.807) is 0 Å². The van der Waals surface area contributed by atoms with Crippen molar-refractivity contribution in [1.82, 2.24) is 15.1 Å². The number of carbonyl (C=O) groups excluding carboxylic acids is 1. The molecule has 2 rings (SSSR count). The number of carbonyl (C=O) groups is 1. The molecule has 0 bridgehead atoms. The van der Waals surface area contributed by atoms with Crippen LogP contribution in [-0.4, -0.2) is 55.0 Å². The topological polar surface area (TPSA) is 102 Å². The van der Waals surface area contributed by atoms with Gasteiger partial charge in [0.25, 0.3) is 6.43 Å². The van der Waals surface area contributed by atoms with Crippen molar-refractivity contribution in [3.8, 4) is 0 Å². The van der Waals surface area contributed by atoms with Gasteiger partial charge in [0.05, 0.1) is 29.3 Å². The van der Waals surface area contributed by atoms with E-state index in [4.69, 9.17) is 4.74 Å². The summed E-state index contributed by atoms with van der Waals surface area (Å²) in [6.45, 7) is 4.25. The monoisotopic (exact) mass is 380 g/mol. The van der Waals surface area contributed by atoms with Crippen molar-refractivity contribution in [3.63, 3.8) is 0 Å². The molecule has 2 atom stereocenters. The largest absolute Gasteiger partial charge is 0.378 e. The molecule has 142 valence electrons. The molecule has 1 aliphatic rings. The number of sulfone groups is 1. The van der Waals surface area contributed by atoms with Crippen LogP contribution < -0.4 is 10.6 Å². The first-order valence-corrected chi connectivity index (χ1v) is 9.59. The van der Waals surface area contributed by atoms with Crippen LogP contribution in [0.5, 0.6) is 0 Å². The second kappa shape index (κ2) is 7.65. The van der Waals surface area contributed by atoms with Crippen LogP contribution in [0.4, 0.5) is 19.3 Å². The second-order valence-corrected chi connectivity index (χ2v) is 8.55. The van der Waals surface area contributed by atoms with E-state index >= 15 is 0 Å². The number of anilines is 1. The fraction of sp³-hybridized carbons (Fsp3) is 0.714. The van der Waals surface area contributed by atoms with Crippen LogP contribution in [0.1, 0.15) is 26.0 Å². The number of rotatable bonds is 6. The van der Waals surface area contributed by atoms with Crippen molar-refractivity contribution < 1.29 is 26.7 Å². The molecule has 1 aromatic heterocycles. The molecule has 2 heterocycles. The van der Waals surface area contributed by atoms with Gasteiger partial charge in [0, 0.05) is 19.9 Å². The number of halogens is 2. The van der Waals surface area contributed by atoms with Gasteiger partial charge in [0.1, 0.15) is 0 Å². The third-order valence-corrected chi connectivity index (χ3v) is 5.42. The third-order valence-electron chi connectivity index (χ3n) is 3.72. The molecule has 0 aromatic carbocycles. The lowest BCUT2D eigenvalue weighted by Crippen LogP contribution is -2.45. The predicted molar refractivity (Wildman–Crippen MR) is 87.4 cm³/mol. The molecule has 2 N–H and O–H groups in total. The summed E-state index contributed by atoms with van der Waals surface area (Å²) in [5.41, 5.74) is -0.638. The van der Waals surface area contributed by atoms with Crippen molar-refractivity contribution in [2.45, 2.75) is 39.0 Å². The average molecular weight is 380 g/mol. The number of hydrogen-bond acceptors (Lipinski definition) is 5. The van der Waals surface area contributed by atoms with Crippen molar-refractivity contribution in [2.24, 2.45) is 5.92 Å². The molecule has 8 nitrogen and oxygen atoms in total. The normalized spacial score (nSPS) is 22.5. The van der Waals surface area contributed by atoms with Gasteiger partial charge in [0.15, 0.2) is 15.5 Å². The number of methoxy groups -OCH3 is 1. The van der Waals surface area contributed by atoms with Gasteiger partial charge in [-0.25, -0.2) is 22.0 Å². The highest BCUT2D eigenvalue weighted by Crippen LogP contribution is 2.26. The first-order valence-electron chi connectivity index (χ1n) is 7.77. The van der Waals surface area contributed by atoms with Crippen molar-refractivity contribution >= 4 is 21.6 Å². The molecular formula is C14H22F2N4O4S. The minimum Gasteiger partial charge on any atom is -0.378 e. The fourth-order valence-corrected chi connectivity index (χ4v) is 4.52. The van der Waals surface area contributed by atoms with Crippen LogP contribution in [0.3, 0.4) is 0 Å². The lowest BCUT2D eigenvalue weighted by atomic mass is 10.2. The lowest BCUT2D eigenvalue weighted by Gasteiger charge is -2.18. The smallest absolute Gasteiger partial charge is 0.319 e. The predicted octanol–water partition coefficient (Wildman–Crippen LogP) is 1.41. The minimum absolute atomic E-state index is 0.108. The summed E-state index contributed by atoms with van der Waals surface area (Å²) in [6.07, 6.45) is -2.18. The molecule has 2 amide bonds. The summed E-state index contributed by atoms with van der Waals surface area (Å²) >= 11 is 0. The van der Waals surface area contributed by atoms with Crippen LogP contribution in [0.25, 0.3) is 0 Å². The zero-order chi connectivity index (χ0) is 18.8. The zero-order valence-electron chi connectivity index (χ0n) is 14.2. The Bertz CT molecular complexity index is 720. The number of aromatic nitrogens is 2. The number of amides is 2.